The molecule has 0 spiro atoms. The van der Waals surface area contributed by atoms with Gasteiger partial charge in [0.05, 0.1) is 12.8 Å². The van der Waals surface area contributed by atoms with Crippen LogP contribution in [0.25, 0.3) is 0 Å². The van der Waals surface area contributed by atoms with E-state index in [1.54, 1.807) is 13.4 Å². The third kappa shape index (κ3) is 3.30. The summed E-state index contributed by atoms with van der Waals surface area (Å²) in [6.45, 7) is 4.44. The first-order valence-corrected chi connectivity index (χ1v) is 7.73. The molecule has 5 nitrogen and oxygen atoms in total. The van der Waals surface area contributed by atoms with Gasteiger partial charge in [-0.05, 0) is 30.9 Å². The fourth-order valence-electron chi connectivity index (χ4n) is 2.71. The van der Waals surface area contributed by atoms with Crippen LogP contribution in [0, 0.1) is 5.92 Å². The van der Waals surface area contributed by atoms with Crippen molar-refractivity contribution in [3.8, 4) is 5.75 Å². The number of hydrogen-bond donors (Lipinski definition) is 1. The van der Waals surface area contributed by atoms with Crippen LogP contribution in [0.4, 0.5) is 17.3 Å². The predicted octanol–water partition coefficient (Wildman–Crippen LogP) is 3.47. The molecule has 2 heterocycles. The van der Waals surface area contributed by atoms with Crippen molar-refractivity contribution in [3.63, 3.8) is 0 Å². The van der Waals surface area contributed by atoms with Gasteiger partial charge in [0.15, 0.2) is 0 Å². The zero-order chi connectivity index (χ0) is 15.4. The van der Waals surface area contributed by atoms with Crippen LogP contribution in [0.15, 0.2) is 36.7 Å². The van der Waals surface area contributed by atoms with Crippen LogP contribution in [0.2, 0.25) is 0 Å². The van der Waals surface area contributed by atoms with Gasteiger partial charge in [-0.15, -0.1) is 0 Å². The number of benzene rings is 1. The lowest BCUT2D eigenvalue weighted by Crippen LogP contribution is -2.33. The maximum absolute atomic E-state index is 5.36. The third-order valence-electron chi connectivity index (χ3n) is 4.13. The molecule has 0 amide bonds. The van der Waals surface area contributed by atoms with Gasteiger partial charge in [-0.2, -0.15) is 0 Å². The molecule has 5 heteroatoms. The van der Waals surface area contributed by atoms with Crippen molar-refractivity contribution >= 4 is 17.3 Å². The Labute approximate surface area is 131 Å². The van der Waals surface area contributed by atoms with Crippen molar-refractivity contribution in [1.29, 1.82) is 0 Å². The van der Waals surface area contributed by atoms with E-state index in [-0.39, 0.29) is 0 Å². The third-order valence-corrected chi connectivity index (χ3v) is 4.13. The van der Waals surface area contributed by atoms with Crippen molar-refractivity contribution in [1.82, 2.24) is 9.97 Å². The van der Waals surface area contributed by atoms with Crippen LogP contribution in [0.5, 0.6) is 5.75 Å². The number of hydrogen-bond acceptors (Lipinski definition) is 5. The topological polar surface area (TPSA) is 50.3 Å². The molecular formula is C17H22N4O. The van der Waals surface area contributed by atoms with E-state index in [1.807, 2.05) is 30.3 Å². The second kappa shape index (κ2) is 6.64. The molecule has 0 saturated carbocycles. The first-order valence-electron chi connectivity index (χ1n) is 7.73. The minimum atomic E-state index is 0.785. The Bertz CT molecular complexity index is 624. The van der Waals surface area contributed by atoms with Gasteiger partial charge in [0.1, 0.15) is 23.7 Å². The van der Waals surface area contributed by atoms with E-state index in [1.165, 1.54) is 12.8 Å². The Morgan fingerprint density at radius 2 is 1.95 bits per heavy atom. The second-order valence-electron chi connectivity index (χ2n) is 5.76. The summed E-state index contributed by atoms with van der Waals surface area (Å²) >= 11 is 0. The first-order chi connectivity index (χ1) is 10.8. The maximum atomic E-state index is 5.36. The van der Waals surface area contributed by atoms with E-state index in [0.717, 1.165) is 42.1 Å². The summed E-state index contributed by atoms with van der Waals surface area (Å²) in [5, 5.41) is 3.31. The highest BCUT2D eigenvalue weighted by molar-refractivity contribution is 5.65. The van der Waals surface area contributed by atoms with Gasteiger partial charge >= 0.3 is 0 Å². The summed E-state index contributed by atoms with van der Waals surface area (Å²) < 4.78 is 5.36. The fraction of sp³-hybridized carbons (Fsp3) is 0.412. The molecule has 2 aromatic rings. The number of methoxy groups -OCH3 is 1. The smallest absolute Gasteiger partial charge is 0.142 e. The molecule has 1 N–H and O–H groups in total. The van der Waals surface area contributed by atoms with Crippen LogP contribution >= 0.6 is 0 Å². The lowest BCUT2D eigenvalue weighted by Gasteiger charge is -2.31. The van der Waals surface area contributed by atoms with Gasteiger partial charge < -0.3 is 15.0 Å². The highest BCUT2D eigenvalue weighted by Gasteiger charge is 2.17. The van der Waals surface area contributed by atoms with E-state index in [9.17, 15) is 0 Å². The zero-order valence-corrected chi connectivity index (χ0v) is 13.1. The van der Waals surface area contributed by atoms with Crippen molar-refractivity contribution < 1.29 is 4.74 Å². The summed E-state index contributed by atoms with van der Waals surface area (Å²) in [6, 6.07) is 9.82. The van der Waals surface area contributed by atoms with Crippen molar-refractivity contribution in [2.24, 2.45) is 5.92 Å². The minimum absolute atomic E-state index is 0.785. The molecule has 0 aliphatic carbocycles. The number of anilines is 3. The molecule has 0 atom stereocenters. The summed E-state index contributed by atoms with van der Waals surface area (Å²) in [4.78, 5) is 11.1. The van der Waals surface area contributed by atoms with Gasteiger partial charge in [0.25, 0.3) is 0 Å². The number of nitrogens with zero attached hydrogens (tertiary/aromatic N) is 3. The summed E-state index contributed by atoms with van der Waals surface area (Å²) in [5.74, 6) is 3.38. The van der Waals surface area contributed by atoms with Crippen LogP contribution in [0.1, 0.15) is 19.8 Å². The average molecular weight is 298 g/mol. The second-order valence-corrected chi connectivity index (χ2v) is 5.76. The SMILES string of the molecule is COc1ccccc1Nc1cc(N2CCC(C)CC2)ncn1. The van der Waals surface area contributed by atoms with Crippen LogP contribution < -0.4 is 15.0 Å². The number of aromatic nitrogens is 2. The maximum Gasteiger partial charge on any atom is 0.142 e. The van der Waals surface area contributed by atoms with Crippen LogP contribution in [0.3, 0.4) is 0 Å². The number of nitrogens with one attached hydrogen (secondary N) is 1. The molecule has 1 aliphatic rings. The summed E-state index contributed by atoms with van der Waals surface area (Å²) in [5.41, 5.74) is 0.905. The van der Waals surface area contributed by atoms with E-state index < -0.39 is 0 Å². The van der Waals surface area contributed by atoms with Gasteiger partial charge in [-0.3, -0.25) is 0 Å². The minimum Gasteiger partial charge on any atom is -0.495 e. The fourth-order valence-corrected chi connectivity index (χ4v) is 2.71. The molecule has 3 rings (SSSR count). The molecule has 1 aromatic heterocycles. The average Bonchev–Trinajstić information content (AvgIpc) is 2.56. The largest absolute Gasteiger partial charge is 0.495 e. The van der Waals surface area contributed by atoms with Gasteiger partial charge in [0.2, 0.25) is 0 Å². The van der Waals surface area contributed by atoms with Crippen LogP contribution in [-0.2, 0) is 0 Å². The standard InChI is InChI=1S/C17H22N4O/c1-13-7-9-21(10-8-13)17-11-16(18-12-19-17)20-14-5-3-4-6-15(14)22-2/h3-6,11-13H,7-10H2,1-2H3,(H,18,19,20). The Kier molecular flexibility index (Phi) is 4.42. The number of para-hydroxylation sites is 2. The molecule has 1 fully saturated rings. The van der Waals surface area contributed by atoms with Crippen molar-refractivity contribution in [2.45, 2.75) is 19.8 Å². The van der Waals surface area contributed by atoms with Gasteiger partial charge in [-0.1, -0.05) is 19.1 Å². The molecule has 0 unspecified atom stereocenters. The molecule has 22 heavy (non-hydrogen) atoms. The summed E-state index contributed by atoms with van der Waals surface area (Å²) in [6.07, 6.45) is 4.06. The molecule has 1 aliphatic heterocycles. The highest BCUT2D eigenvalue weighted by atomic mass is 16.5. The summed E-state index contributed by atoms with van der Waals surface area (Å²) in [7, 11) is 1.67. The molecule has 1 aromatic carbocycles. The predicted molar refractivity (Wildman–Crippen MR) is 88.9 cm³/mol. The van der Waals surface area contributed by atoms with E-state index in [2.05, 4.69) is 27.1 Å². The quantitative estimate of drug-likeness (QED) is 0.936. The van der Waals surface area contributed by atoms with Crippen molar-refractivity contribution in [3.05, 3.63) is 36.7 Å². The normalized spacial score (nSPS) is 15.6. The Morgan fingerprint density at radius 3 is 2.73 bits per heavy atom. The number of ether oxygens (including phenoxy) is 1. The van der Waals surface area contributed by atoms with Crippen LogP contribution in [-0.4, -0.2) is 30.2 Å². The molecular weight excluding hydrogens is 276 g/mol. The molecule has 116 valence electrons. The molecule has 0 radical (unpaired) electrons. The van der Waals surface area contributed by atoms with E-state index >= 15 is 0 Å². The number of piperidine rings is 1. The van der Waals surface area contributed by atoms with Gasteiger partial charge in [-0.25, -0.2) is 9.97 Å². The molecule has 0 bridgehead atoms. The molecule has 1 saturated heterocycles. The Hall–Kier alpha value is -2.30. The van der Waals surface area contributed by atoms with E-state index in [4.69, 9.17) is 4.74 Å². The van der Waals surface area contributed by atoms with E-state index in [0.29, 0.717) is 0 Å². The Morgan fingerprint density at radius 1 is 1.18 bits per heavy atom. The first kappa shape index (κ1) is 14.6. The van der Waals surface area contributed by atoms with Crippen molar-refractivity contribution in [2.75, 3.05) is 30.4 Å². The number of rotatable bonds is 4. The van der Waals surface area contributed by atoms with Gasteiger partial charge in [0, 0.05) is 19.2 Å². The monoisotopic (exact) mass is 298 g/mol. The lowest BCUT2D eigenvalue weighted by molar-refractivity contribution is 0.417. The lowest BCUT2D eigenvalue weighted by atomic mass is 9.99. The zero-order valence-electron chi connectivity index (χ0n) is 13.1. The Balaban J connectivity index is 1.76. The highest BCUT2D eigenvalue weighted by Crippen LogP contribution is 2.28.